The number of aliphatic hydroxyl groups is 2. The van der Waals surface area contributed by atoms with Gasteiger partial charge in [0.2, 0.25) is 0 Å². The minimum atomic E-state index is -3.17. The Bertz CT molecular complexity index is 570. The molecule has 128 valence electrons. The first-order chi connectivity index (χ1) is 10.2. The van der Waals surface area contributed by atoms with E-state index in [1.807, 2.05) is 9.80 Å². The summed E-state index contributed by atoms with van der Waals surface area (Å²) < 4.78 is 46.3. The quantitative estimate of drug-likeness (QED) is 0.536. The summed E-state index contributed by atoms with van der Waals surface area (Å²) >= 11 is 0. The monoisotopic (exact) mass is 354 g/mol. The highest BCUT2D eigenvalue weighted by molar-refractivity contribution is 7.92. The second-order valence-electron chi connectivity index (χ2n) is 6.50. The molecule has 3 aliphatic heterocycles. The van der Waals surface area contributed by atoms with Crippen LogP contribution in [0.4, 0.5) is 0 Å². The molecule has 0 aromatic carbocycles. The fourth-order valence-electron chi connectivity index (χ4n) is 3.72. The van der Waals surface area contributed by atoms with Crippen molar-refractivity contribution in [1.82, 2.24) is 9.80 Å². The van der Waals surface area contributed by atoms with Crippen molar-refractivity contribution < 1.29 is 27.0 Å². The lowest BCUT2D eigenvalue weighted by atomic mass is 10.1. The van der Waals surface area contributed by atoms with E-state index >= 15 is 0 Å². The van der Waals surface area contributed by atoms with Crippen molar-refractivity contribution in [2.24, 2.45) is 0 Å². The molecular weight excluding hydrogens is 332 g/mol. The van der Waals surface area contributed by atoms with Gasteiger partial charge < -0.3 is 10.2 Å². The Morgan fingerprint density at radius 1 is 0.636 bits per heavy atom. The van der Waals surface area contributed by atoms with Gasteiger partial charge in [-0.3, -0.25) is 9.80 Å². The summed E-state index contributed by atoms with van der Waals surface area (Å²) in [6, 6.07) is -0.742. The lowest BCUT2D eigenvalue weighted by Gasteiger charge is -2.41. The average Bonchev–Trinajstić information content (AvgIpc) is 2.84. The molecule has 2 N–H and O–H groups in total. The van der Waals surface area contributed by atoms with Crippen LogP contribution in [0.5, 0.6) is 0 Å². The minimum absolute atomic E-state index is 0.0192. The molecular formula is C12H22N2O6S2. The Kier molecular flexibility index (Phi) is 4.28. The highest BCUT2D eigenvalue weighted by atomic mass is 32.2. The summed E-state index contributed by atoms with van der Waals surface area (Å²) in [5.41, 5.74) is 0. The Morgan fingerprint density at radius 2 is 0.955 bits per heavy atom. The molecule has 0 spiro atoms. The SMILES string of the molecule is O=S1(=O)C[C@@H](N2CCN([C@H]3CS(=O)(=O)C[C@@H]3O)CC2)[C@@H](O)C1. The lowest BCUT2D eigenvalue weighted by Crippen LogP contribution is -2.57. The van der Waals surface area contributed by atoms with Crippen molar-refractivity contribution >= 4 is 19.7 Å². The van der Waals surface area contributed by atoms with Crippen LogP contribution in [0.25, 0.3) is 0 Å². The van der Waals surface area contributed by atoms with E-state index in [0.29, 0.717) is 26.2 Å². The van der Waals surface area contributed by atoms with Crippen molar-refractivity contribution in [3.8, 4) is 0 Å². The molecule has 3 aliphatic rings. The van der Waals surface area contributed by atoms with Gasteiger partial charge >= 0.3 is 0 Å². The third-order valence-electron chi connectivity index (χ3n) is 4.87. The van der Waals surface area contributed by atoms with Gasteiger partial charge in [-0.05, 0) is 0 Å². The second kappa shape index (κ2) is 5.67. The van der Waals surface area contributed by atoms with Crippen LogP contribution in [0.15, 0.2) is 0 Å². The van der Waals surface area contributed by atoms with Crippen LogP contribution in [0.1, 0.15) is 0 Å². The zero-order valence-corrected chi connectivity index (χ0v) is 13.8. The maximum absolute atomic E-state index is 11.6. The van der Waals surface area contributed by atoms with Gasteiger partial charge in [0.15, 0.2) is 19.7 Å². The zero-order chi connectivity index (χ0) is 16.1. The molecule has 0 saturated carbocycles. The van der Waals surface area contributed by atoms with E-state index in [0.717, 1.165) is 0 Å². The molecule has 0 aromatic heterocycles. The van der Waals surface area contributed by atoms with Gasteiger partial charge in [-0.25, -0.2) is 16.8 Å². The Labute approximate surface area is 130 Å². The summed E-state index contributed by atoms with van der Waals surface area (Å²) in [6.45, 7) is 2.28. The third kappa shape index (κ3) is 3.31. The van der Waals surface area contributed by atoms with Gasteiger partial charge in [0.25, 0.3) is 0 Å². The first-order valence-corrected chi connectivity index (χ1v) is 11.1. The van der Waals surface area contributed by atoms with Crippen LogP contribution >= 0.6 is 0 Å². The molecule has 3 heterocycles. The van der Waals surface area contributed by atoms with Gasteiger partial charge in [0.05, 0.1) is 47.3 Å². The number of piperazine rings is 1. The fourth-order valence-corrected chi connectivity index (χ4v) is 7.38. The van der Waals surface area contributed by atoms with Crippen molar-refractivity contribution in [3.05, 3.63) is 0 Å². The highest BCUT2D eigenvalue weighted by Crippen LogP contribution is 2.23. The highest BCUT2D eigenvalue weighted by Gasteiger charge is 2.44. The predicted molar refractivity (Wildman–Crippen MR) is 80.0 cm³/mol. The summed E-state index contributed by atoms with van der Waals surface area (Å²) in [4.78, 5) is 3.92. The standard InChI is InChI=1S/C12H22N2O6S2/c15-11-7-21(17,18)5-9(11)13-1-2-14(4-3-13)10-6-22(19,20)8-12(10)16/h9-12,15-16H,1-8H2/t9-,10+,11-,12-/m0/s1. The molecule has 4 atom stereocenters. The normalized spacial score (nSPS) is 42.6. The maximum Gasteiger partial charge on any atom is 0.154 e. The molecule has 0 radical (unpaired) electrons. The Hall–Kier alpha value is -0.260. The Balaban J connectivity index is 1.59. The molecule has 3 fully saturated rings. The number of hydrogen-bond acceptors (Lipinski definition) is 8. The Morgan fingerprint density at radius 3 is 1.18 bits per heavy atom. The predicted octanol–water partition coefficient (Wildman–Crippen LogP) is -3.08. The fraction of sp³-hybridized carbons (Fsp3) is 1.00. The van der Waals surface area contributed by atoms with Crippen LogP contribution < -0.4 is 0 Å². The number of hydrogen-bond donors (Lipinski definition) is 2. The number of aliphatic hydroxyl groups excluding tert-OH is 2. The van der Waals surface area contributed by atoms with Crippen LogP contribution in [-0.2, 0) is 19.7 Å². The number of rotatable bonds is 2. The second-order valence-corrected chi connectivity index (χ2v) is 10.8. The number of nitrogens with zero attached hydrogens (tertiary/aromatic N) is 2. The molecule has 10 heteroatoms. The summed E-state index contributed by atoms with van der Waals surface area (Å²) in [5.74, 6) is -0.405. The van der Waals surface area contributed by atoms with Gasteiger partial charge in [-0.2, -0.15) is 0 Å². The van der Waals surface area contributed by atoms with Crippen LogP contribution in [0.2, 0.25) is 0 Å². The molecule has 0 aliphatic carbocycles. The molecule has 8 nitrogen and oxygen atoms in total. The zero-order valence-electron chi connectivity index (χ0n) is 12.2. The third-order valence-corrected chi connectivity index (χ3v) is 8.27. The van der Waals surface area contributed by atoms with Crippen LogP contribution in [0.3, 0.4) is 0 Å². The van der Waals surface area contributed by atoms with Gasteiger partial charge in [-0.1, -0.05) is 0 Å². The van der Waals surface area contributed by atoms with Crippen molar-refractivity contribution in [2.75, 3.05) is 49.2 Å². The molecule has 0 aromatic rings. The lowest BCUT2D eigenvalue weighted by molar-refractivity contribution is 0.0114. The van der Waals surface area contributed by atoms with Crippen LogP contribution in [0, 0.1) is 0 Å². The van der Waals surface area contributed by atoms with Crippen molar-refractivity contribution in [2.45, 2.75) is 24.3 Å². The van der Waals surface area contributed by atoms with E-state index in [-0.39, 0.29) is 35.1 Å². The topological polar surface area (TPSA) is 115 Å². The molecule has 3 rings (SSSR count). The number of sulfone groups is 2. The molecule has 0 amide bonds. The van der Waals surface area contributed by atoms with E-state index < -0.39 is 31.9 Å². The molecule has 0 unspecified atom stereocenters. The summed E-state index contributed by atoms with van der Waals surface area (Å²) in [6.07, 6.45) is -1.71. The van der Waals surface area contributed by atoms with E-state index in [2.05, 4.69) is 0 Å². The molecule has 0 bridgehead atoms. The van der Waals surface area contributed by atoms with Gasteiger partial charge in [-0.15, -0.1) is 0 Å². The first kappa shape index (κ1) is 16.6. The first-order valence-electron chi connectivity index (χ1n) is 7.42. The summed E-state index contributed by atoms with van der Waals surface area (Å²) in [5, 5.41) is 19.8. The van der Waals surface area contributed by atoms with Gasteiger partial charge in [0, 0.05) is 26.2 Å². The molecule has 22 heavy (non-hydrogen) atoms. The largest absolute Gasteiger partial charge is 0.390 e. The summed E-state index contributed by atoms with van der Waals surface area (Å²) in [7, 11) is -6.34. The van der Waals surface area contributed by atoms with Crippen LogP contribution in [-0.4, -0.2) is 110 Å². The average molecular weight is 354 g/mol. The van der Waals surface area contributed by atoms with E-state index in [1.54, 1.807) is 0 Å². The van der Waals surface area contributed by atoms with E-state index in [1.165, 1.54) is 0 Å². The minimum Gasteiger partial charge on any atom is -0.390 e. The van der Waals surface area contributed by atoms with Gasteiger partial charge in [0.1, 0.15) is 0 Å². The van der Waals surface area contributed by atoms with Crippen molar-refractivity contribution in [1.29, 1.82) is 0 Å². The van der Waals surface area contributed by atoms with E-state index in [9.17, 15) is 27.0 Å². The van der Waals surface area contributed by atoms with E-state index in [4.69, 9.17) is 0 Å². The molecule has 3 saturated heterocycles. The van der Waals surface area contributed by atoms with Crippen molar-refractivity contribution in [3.63, 3.8) is 0 Å². The smallest absolute Gasteiger partial charge is 0.154 e. The maximum atomic E-state index is 11.6.